The summed E-state index contributed by atoms with van der Waals surface area (Å²) in [6.45, 7) is 0.866. The van der Waals surface area contributed by atoms with E-state index >= 15 is 0 Å². The maximum absolute atomic E-state index is 12.2. The van der Waals surface area contributed by atoms with Crippen LogP contribution in [0.4, 0.5) is 26.3 Å². The Morgan fingerprint density at radius 1 is 1.07 bits per heavy atom. The molecule has 14 heavy (non-hydrogen) atoms. The van der Waals surface area contributed by atoms with Gasteiger partial charge in [-0.3, -0.25) is 10.6 Å². The topological polar surface area (TPSA) is 24.1 Å². The second-order valence-corrected chi connectivity index (χ2v) is 3.17. The van der Waals surface area contributed by atoms with Crippen LogP contribution in [0.2, 0.25) is 0 Å². The van der Waals surface area contributed by atoms with Crippen LogP contribution in [-0.4, -0.2) is 30.6 Å². The van der Waals surface area contributed by atoms with Crippen LogP contribution in [0.15, 0.2) is 0 Å². The first-order valence-corrected chi connectivity index (χ1v) is 3.76. The van der Waals surface area contributed by atoms with Gasteiger partial charge in [-0.2, -0.15) is 26.3 Å². The largest absolute Gasteiger partial charge is 0.429 e. The van der Waals surface area contributed by atoms with Crippen molar-refractivity contribution in [2.45, 2.75) is 31.0 Å². The van der Waals surface area contributed by atoms with Crippen LogP contribution in [0.5, 0.6) is 0 Å². The van der Waals surface area contributed by atoms with Crippen molar-refractivity contribution < 1.29 is 26.3 Å². The third-order valence-corrected chi connectivity index (χ3v) is 1.99. The SMILES string of the molecule is CC1CNC(C(F)(F)F)(C(F)(F)F)N1. The van der Waals surface area contributed by atoms with E-state index in [4.69, 9.17) is 0 Å². The van der Waals surface area contributed by atoms with Gasteiger partial charge in [-0.1, -0.05) is 0 Å². The van der Waals surface area contributed by atoms with Gasteiger partial charge in [-0.25, -0.2) is 0 Å². The first-order valence-electron chi connectivity index (χ1n) is 3.76. The zero-order valence-electron chi connectivity index (χ0n) is 7.05. The highest BCUT2D eigenvalue weighted by atomic mass is 19.4. The smallest absolute Gasteiger partial charge is 0.282 e. The number of halogens is 6. The molecule has 1 aliphatic rings. The monoisotopic (exact) mass is 222 g/mol. The minimum atomic E-state index is -5.41. The molecule has 0 radical (unpaired) electrons. The summed E-state index contributed by atoms with van der Waals surface area (Å²) >= 11 is 0. The zero-order valence-corrected chi connectivity index (χ0v) is 7.05. The van der Waals surface area contributed by atoms with Crippen molar-refractivity contribution in [1.29, 1.82) is 0 Å². The molecule has 0 spiro atoms. The van der Waals surface area contributed by atoms with E-state index in [0.29, 0.717) is 0 Å². The highest BCUT2D eigenvalue weighted by molar-refractivity contribution is 5.05. The van der Waals surface area contributed by atoms with Gasteiger partial charge in [0.05, 0.1) is 0 Å². The molecule has 2 N–H and O–H groups in total. The van der Waals surface area contributed by atoms with Gasteiger partial charge in [0.2, 0.25) is 0 Å². The Kier molecular flexibility index (Phi) is 2.47. The first-order chi connectivity index (χ1) is 6.10. The lowest BCUT2D eigenvalue weighted by molar-refractivity contribution is -0.311. The Labute approximate surface area is 75.7 Å². The molecular formula is C6H8F6N2. The molecule has 1 unspecified atom stereocenters. The van der Waals surface area contributed by atoms with E-state index in [0.717, 1.165) is 0 Å². The van der Waals surface area contributed by atoms with Crippen molar-refractivity contribution >= 4 is 0 Å². The lowest BCUT2D eigenvalue weighted by Crippen LogP contribution is -2.70. The van der Waals surface area contributed by atoms with Crippen LogP contribution in [0, 0.1) is 0 Å². The van der Waals surface area contributed by atoms with Crippen LogP contribution >= 0.6 is 0 Å². The fourth-order valence-electron chi connectivity index (χ4n) is 1.30. The van der Waals surface area contributed by atoms with Gasteiger partial charge in [0.15, 0.2) is 0 Å². The van der Waals surface area contributed by atoms with Crippen molar-refractivity contribution in [3.8, 4) is 0 Å². The van der Waals surface area contributed by atoms with Gasteiger partial charge >= 0.3 is 12.4 Å². The molecule has 1 atom stereocenters. The van der Waals surface area contributed by atoms with Crippen LogP contribution in [0.1, 0.15) is 6.92 Å². The van der Waals surface area contributed by atoms with Crippen molar-refractivity contribution in [3.63, 3.8) is 0 Å². The second kappa shape index (κ2) is 2.99. The molecule has 8 heteroatoms. The minimum absolute atomic E-state index is 0.376. The van der Waals surface area contributed by atoms with Crippen molar-refractivity contribution in [1.82, 2.24) is 10.6 Å². The highest BCUT2D eigenvalue weighted by Gasteiger charge is 2.73. The average Bonchev–Trinajstić information content (AvgIpc) is 2.28. The zero-order chi connectivity index (χ0) is 11.2. The van der Waals surface area contributed by atoms with E-state index in [-0.39, 0.29) is 6.54 Å². The van der Waals surface area contributed by atoms with E-state index in [1.807, 2.05) is 0 Å². The summed E-state index contributed by atoms with van der Waals surface area (Å²) in [5.74, 6) is 0. The van der Waals surface area contributed by atoms with E-state index in [1.54, 1.807) is 0 Å². The summed E-state index contributed by atoms with van der Waals surface area (Å²) in [5.41, 5.74) is -3.96. The molecule has 1 aliphatic heterocycles. The number of hydrogen-bond acceptors (Lipinski definition) is 2. The normalized spacial score (nSPS) is 28.1. The third kappa shape index (κ3) is 1.56. The molecule has 1 heterocycles. The van der Waals surface area contributed by atoms with Crippen LogP contribution in [-0.2, 0) is 0 Å². The van der Waals surface area contributed by atoms with Gasteiger partial charge in [0, 0.05) is 12.6 Å². The number of rotatable bonds is 0. The minimum Gasteiger partial charge on any atom is -0.282 e. The van der Waals surface area contributed by atoms with Crippen LogP contribution in [0.25, 0.3) is 0 Å². The number of nitrogens with one attached hydrogen (secondary N) is 2. The molecule has 0 aromatic rings. The van der Waals surface area contributed by atoms with Crippen molar-refractivity contribution in [2.75, 3.05) is 6.54 Å². The molecule has 2 nitrogen and oxygen atoms in total. The second-order valence-electron chi connectivity index (χ2n) is 3.17. The molecule has 1 saturated heterocycles. The van der Waals surface area contributed by atoms with E-state index in [1.165, 1.54) is 17.6 Å². The van der Waals surface area contributed by atoms with E-state index in [2.05, 4.69) is 0 Å². The maximum Gasteiger partial charge on any atom is 0.429 e. The average molecular weight is 222 g/mol. The van der Waals surface area contributed by atoms with Crippen LogP contribution < -0.4 is 10.6 Å². The fraction of sp³-hybridized carbons (Fsp3) is 1.00. The Morgan fingerprint density at radius 2 is 1.50 bits per heavy atom. The quantitative estimate of drug-likeness (QED) is 0.605. The van der Waals surface area contributed by atoms with Gasteiger partial charge in [0.25, 0.3) is 5.66 Å². The summed E-state index contributed by atoms with van der Waals surface area (Å²) in [6, 6.07) is -0.877. The van der Waals surface area contributed by atoms with Crippen LogP contribution in [0.3, 0.4) is 0 Å². The fourth-order valence-corrected chi connectivity index (χ4v) is 1.30. The molecular weight excluding hydrogens is 214 g/mol. The molecule has 1 fully saturated rings. The third-order valence-electron chi connectivity index (χ3n) is 1.99. The molecule has 84 valence electrons. The van der Waals surface area contributed by atoms with Crippen molar-refractivity contribution in [3.05, 3.63) is 0 Å². The Balaban J connectivity index is 3.05. The Hall–Kier alpha value is -0.500. The Morgan fingerprint density at radius 3 is 1.64 bits per heavy atom. The molecule has 0 aromatic carbocycles. The lowest BCUT2D eigenvalue weighted by Gasteiger charge is -2.34. The molecule has 0 aliphatic carbocycles. The van der Waals surface area contributed by atoms with Gasteiger partial charge in [0.1, 0.15) is 0 Å². The molecule has 0 amide bonds. The molecule has 0 bridgehead atoms. The molecule has 1 rings (SSSR count). The van der Waals surface area contributed by atoms with Gasteiger partial charge < -0.3 is 0 Å². The molecule has 0 aromatic heterocycles. The van der Waals surface area contributed by atoms with Gasteiger partial charge in [-0.15, -0.1) is 0 Å². The summed E-state index contributed by atoms with van der Waals surface area (Å²) in [5, 5.41) is 2.92. The van der Waals surface area contributed by atoms with E-state index in [9.17, 15) is 26.3 Å². The number of hydrogen-bond donors (Lipinski definition) is 2. The summed E-state index contributed by atoms with van der Waals surface area (Å²) < 4.78 is 73.4. The predicted molar refractivity (Wildman–Crippen MR) is 35.4 cm³/mol. The number of alkyl halides is 6. The lowest BCUT2D eigenvalue weighted by atomic mass is 10.1. The summed E-state index contributed by atoms with van der Waals surface area (Å²) in [6.07, 6.45) is -10.8. The maximum atomic E-state index is 12.2. The highest BCUT2D eigenvalue weighted by Crippen LogP contribution is 2.42. The standard InChI is InChI=1S/C6H8F6N2/c1-3-2-13-4(14-3,5(7,8)9)6(10,11)12/h3,13-14H,2H2,1H3. The van der Waals surface area contributed by atoms with E-state index < -0.39 is 24.1 Å². The summed E-state index contributed by atoms with van der Waals surface area (Å²) in [4.78, 5) is 0. The Bertz CT molecular complexity index is 205. The first kappa shape index (κ1) is 11.6. The molecule has 0 saturated carbocycles. The van der Waals surface area contributed by atoms with Crippen molar-refractivity contribution in [2.24, 2.45) is 0 Å². The predicted octanol–water partition coefficient (Wildman–Crippen LogP) is 1.39. The summed E-state index contributed by atoms with van der Waals surface area (Å²) in [7, 11) is 0. The van der Waals surface area contributed by atoms with Gasteiger partial charge in [-0.05, 0) is 6.92 Å².